The molecule has 25 heavy (non-hydrogen) atoms. The highest BCUT2D eigenvalue weighted by Gasteiger charge is 2.42. The van der Waals surface area contributed by atoms with Crippen LogP contribution < -0.4 is 0 Å². The Bertz CT molecular complexity index is 667. The highest BCUT2D eigenvalue weighted by molar-refractivity contribution is 6.30. The molecule has 5 nitrogen and oxygen atoms in total. The fourth-order valence-electron chi connectivity index (χ4n) is 3.02. The molecule has 1 aromatic rings. The van der Waals surface area contributed by atoms with Crippen LogP contribution >= 0.6 is 11.6 Å². The third-order valence-electron chi connectivity index (χ3n) is 4.13. The minimum Gasteiger partial charge on any atom is -0.503 e. The molecule has 0 aliphatic carbocycles. The van der Waals surface area contributed by atoms with E-state index in [2.05, 4.69) is 0 Å². The Morgan fingerprint density at radius 2 is 1.96 bits per heavy atom. The molecular weight excluding hydrogens is 342 g/mol. The first-order valence-corrected chi connectivity index (χ1v) is 8.76. The number of ether oxygens (including phenoxy) is 1. The van der Waals surface area contributed by atoms with Crippen LogP contribution in [0.1, 0.15) is 38.3 Å². The van der Waals surface area contributed by atoms with Crippen LogP contribution in [0, 0.1) is 5.92 Å². The Balaban J connectivity index is 2.40. The standard InChI is InChI=1S/C19H24ClNO4/c1-12(2)11-15(22)16-17(13-5-7-14(20)8-6-13)21(9-4-10-25-3)19(24)18(16)23/h5-8,12,17,23H,4,9-11H2,1-3H3. The van der Waals surface area contributed by atoms with Gasteiger partial charge < -0.3 is 14.7 Å². The lowest BCUT2D eigenvalue weighted by atomic mass is 9.92. The second kappa shape index (κ2) is 8.50. The quantitative estimate of drug-likeness (QED) is 0.713. The SMILES string of the molecule is COCCCN1C(=O)C(O)=C(C(=O)CC(C)C)C1c1ccc(Cl)cc1. The fourth-order valence-corrected chi connectivity index (χ4v) is 3.15. The molecule has 0 spiro atoms. The van der Waals surface area contributed by atoms with Crippen LogP contribution in [0.2, 0.25) is 5.02 Å². The number of rotatable bonds is 8. The first kappa shape index (κ1) is 19.5. The molecule has 0 saturated heterocycles. The van der Waals surface area contributed by atoms with Crippen LogP contribution in [0.25, 0.3) is 0 Å². The van der Waals surface area contributed by atoms with Gasteiger partial charge in [0.1, 0.15) is 0 Å². The summed E-state index contributed by atoms with van der Waals surface area (Å²) >= 11 is 5.96. The predicted molar refractivity (Wildman–Crippen MR) is 96.5 cm³/mol. The Hall–Kier alpha value is -1.85. The first-order chi connectivity index (χ1) is 11.9. The number of hydrogen-bond donors (Lipinski definition) is 1. The van der Waals surface area contributed by atoms with Crippen molar-refractivity contribution in [1.29, 1.82) is 0 Å². The lowest BCUT2D eigenvalue weighted by molar-refractivity contribution is -0.129. The van der Waals surface area contributed by atoms with Gasteiger partial charge in [0.15, 0.2) is 11.5 Å². The van der Waals surface area contributed by atoms with Crippen LogP contribution in [0.15, 0.2) is 35.6 Å². The largest absolute Gasteiger partial charge is 0.503 e. The van der Waals surface area contributed by atoms with Crippen molar-refractivity contribution < 1.29 is 19.4 Å². The molecule has 136 valence electrons. The Morgan fingerprint density at radius 3 is 2.52 bits per heavy atom. The molecule has 1 amide bonds. The number of carbonyl (C=O) groups is 2. The molecule has 0 saturated carbocycles. The summed E-state index contributed by atoms with van der Waals surface area (Å²) in [6.07, 6.45) is 0.897. The van der Waals surface area contributed by atoms with Crippen molar-refractivity contribution in [3.63, 3.8) is 0 Å². The van der Waals surface area contributed by atoms with Crippen molar-refractivity contribution in [2.45, 2.75) is 32.7 Å². The van der Waals surface area contributed by atoms with Gasteiger partial charge in [-0.05, 0) is 30.0 Å². The summed E-state index contributed by atoms with van der Waals surface area (Å²) in [5, 5.41) is 10.9. The molecule has 0 bridgehead atoms. The highest BCUT2D eigenvalue weighted by Crippen LogP contribution is 2.39. The van der Waals surface area contributed by atoms with E-state index in [0.29, 0.717) is 24.6 Å². The summed E-state index contributed by atoms with van der Waals surface area (Å²) < 4.78 is 5.05. The number of amides is 1. The second-order valence-corrected chi connectivity index (χ2v) is 7.02. The van der Waals surface area contributed by atoms with E-state index >= 15 is 0 Å². The van der Waals surface area contributed by atoms with E-state index in [4.69, 9.17) is 16.3 Å². The molecular formula is C19H24ClNO4. The van der Waals surface area contributed by atoms with Gasteiger partial charge in [-0.15, -0.1) is 0 Å². The summed E-state index contributed by atoms with van der Waals surface area (Å²) in [5.41, 5.74) is 0.935. The van der Waals surface area contributed by atoms with Crippen LogP contribution in [0.4, 0.5) is 0 Å². The molecule has 1 aliphatic rings. The van der Waals surface area contributed by atoms with E-state index in [0.717, 1.165) is 5.56 Å². The number of aliphatic hydroxyl groups is 1. The normalized spacial score (nSPS) is 17.7. The van der Waals surface area contributed by atoms with Crippen LogP contribution in [-0.4, -0.2) is 42.0 Å². The molecule has 0 fully saturated rings. The maximum Gasteiger partial charge on any atom is 0.290 e. The zero-order valence-corrected chi connectivity index (χ0v) is 15.5. The van der Waals surface area contributed by atoms with Crippen molar-refractivity contribution in [3.8, 4) is 0 Å². The monoisotopic (exact) mass is 365 g/mol. The van der Waals surface area contributed by atoms with E-state index < -0.39 is 17.7 Å². The second-order valence-electron chi connectivity index (χ2n) is 6.58. The summed E-state index contributed by atoms with van der Waals surface area (Å²) in [7, 11) is 1.59. The minimum atomic E-state index is -0.590. The Kier molecular flexibility index (Phi) is 6.62. The van der Waals surface area contributed by atoms with Gasteiger partial charge in [0.2, 0.25) is 0 Å². The predicted octanol–water partition coefficient (Wildman–Crippen LogP) is 3.69. The molecule has 1 heterocycles. The molecule has 1 aromatic carbocycles. The Morgan fingerprint density at radius 1 is 1.32 bits per heavy atom. The maximum absolute atomic E-state index is 12.7. The molecule has 0 aromatic heterocycles. The number of Topliss-reactive ketones (excluding diaryl/α,β-unsaturated/α-hetero) is 1. The molecule has 1 N–H and O–H groups in total. The molecule has 1 atom stereocenters. The lowest BCUT2D eigenvalue weighted by Gasteiger charge is -2.27. The van der Waals surface area contributed by atoms with Gasteiger partial charge in [0.05, 0.1) is 11.6 Å². The van der Waals surface area contributed by atoms with Gasteiger partial charge in [0.25, 0.3) is 5.91 Å². The third-order valence-corrected chi connectivity index (χ3v) is 4.38. The van der Waals surface area contributed by atoms with Crippen molar-refractivity contribution in [3.05, 3.63) is 46.2 Å². The van der Waals surface area contributed by atoms with E-state index in [1.807, 2.05) is 13.8 Å². The molecule has 1 unspecified atom stereocenters. The zero-order chi connectivity index (χ0) is 18.6. The average molecular weight is 366 g/mol. The number of ketones is 1. The lowest BCUT2D eigenvalue weighted by Crippen LogP contribution is -2.32. The summed E-state index contributed by atoms with van der Waals surface area (Å²) in [6.45, 7) is 4.75. The van der Waals surface area contributed by atoms with Crippen molar-refractivity contribution in [2.75, 3.05) is 20.3 Å². The molecule has 6 heteroatoms. The fraction of sp³-hybridized carbons (Fsp3) is 0.474. The number of carbonyl (C=O) groups excluding carboxylic acids is 2. The van der Waals surface area contributed by atoms with Gasteiger partial charge in [-0.25, -0.2) is 0 Å². The highest BCUT2D eigenvalue weighted by atomic mass is 35.5. The van der Waals surface area contributed by atoms with Crippen molar-refractivity contribution in [2.24, 2.45) is 5.92 Å². The third kappa shape index (κ3) is 4.41. The number of methoxy groups -OCH3 is 1. The first-order valence-electron chi connectivity index (χ1n) is 8.38. The van der Waals surface area contributed by atoms with Crippen molar-refractivity contribution >= 4 is 23.3 Å². The number of halogens is 1. The van der Waals surface area contributed by atoms with E-state index in [-0.39, 0.29) is 23.7 Å². The van der Waals surface area contributed by atoms with Crippen molar-refractivity contribution in [1.82, 2.24) is 4.90 Å². The molecule has 0 radical (unpaired) electrons. The van der Waals surface area contributed by atoms with E-state index in [9.17, 15) is 14.7 Å². The van der Waals surface area contributed by atoms with E-state index in [1.165, 1.54) is 4.90 Å². The van der Waals surface area contributed by atoms with E-state index in [1.54, 1.807) is 31.4 Å². The maximum atomic E-state index is 12.7. The smallest absolute Gasteiger partial charge is 0.290 e. The number of hydrogen-bond acceptors (Lipinski definition) is 4. The molecule has 1 aliphatic heterocycles. The summed E-state index contributed by atoms with van der Waals surface area (Å²) in [5.74, 6) is -1.02. The summed E-state index contributed by atoms with van der Waals surface area (Å²) in [6, 6.07) is 6.41. The topological polar surface area (TPSA) is 66.8 Å². The van der Waals surface area contributed by atoms with Crippen LogP contribution in [-0.2, 0) is 14.3 Å². The van der Waals surface area contributed by atoms with Gasteiger partial charge >= 0.3 is 0 Å². The van der Waals surface area contributed by atoms with Gasteiger partial charge in [-0.2, -0.15) is 0 Å². The molecule has 2 rings (SSSR count). The minimum absolute atomic E-state index is 0.135. The number of benzene rings is 1. The van der Waals surface area contributed by atoms with Gasteiger partial charge in [-0.3, -0.25) is 9.59 Å². The number of aliphatic hydroxyl groups excluding tert-OH is 1. The van der Waals surface area contributed by atoms with Gasteiger partial charge in [0, 0.05) is 31.7 Å². The van der Waals surface area contributed by atoms with Gasteiger partial charge in [-0.1, -0.05) is 37.6 Å². The van der Waals surface area contributed by atoms with Crippen LogP contribution in [0.3, 0.4) is 0 Å². The number of nitrogens with zero attached hydrogens (tertiary/aromatic N) is 1. The average Bonchev–Trinajstić information content (AvgIpc) is 2.80. The van der Waals surface area contributed by atoms with Crippen LogP contribution in [0.5, 0.6) is 0 Å². The zero-order valence-electron chi connectivity index (χ0n) is 14.8. The summed E-state index contributed by atoms with van der Waals surface area (Å²) in [4.78, 5) is 26.8. The Labute approximate surface area is 153 Å².